The summed E-state index contributed by atoms with van der Waals surface area (Å²) in [7, 11) is 0. The van der Waals surface area contributed by atoms with Gasteiger partial charge in [-0.3, -0.25) is 0 Å². The molecule has 92 valence electrons. The van der Waals surface area contributed by atoms with E-state index in [2.05, 4.69) is 0 Å². The Labute approximate surface area is 100.0 Å². The molecule has 0 aliphatic rings. The van der Waals surface area contributed by atoms with Crippen molar-refractivity contribution in [2.45, 2.75) is 19.9 Å². The molecule has 0 fully saturated rings. The van der Waals surface area contributed by atoms with Gasteiger partial charge in [-0.15, -0.1) is 0 Å². The van der Waals surface area contributed by atoms with Crippen molar-refractivity contribution in [3.8, 4) is 0 Å². The van der Waals surface area contributed by atoms with Gasteiger partial charge in [0.2, 0.25) is 0 Å². The largest absolute Gasteiger partial charge is 0.461 e. The van der Waals surface area contributed by atoms with Crippen LogP contribution in [0, 0.1) is 0 Å². The van der Waals surface area contributed by atoms with Crippen molar-refractivity contribution in [3.63, 3.8) is 0 Å². The quantitative estimate of drug-likeness (QED) is 0.429. The predicted molar refractivity (Wildman–Crippen MR) is 58.9 cm³/mol. The lowest BCUT2D eigenvalue weighted by molar-refractivity contribution is -0.699. The Morgan fingerprint density at radius 2 is 1.47 bits per heavy atom. The minimum absolute atomic E-state index is 0.224. The molecule has 5 nitrogen and oxygen atoms in total. The molecule has 0 aromatic carbocycles. The fourth-order valence-electron chi connectivity index (χ4n) is 1.37. The molecule has 0 atom stereocenters. The fraction of sp³-hybridized carbons (Fsp3) is 0.417. The van der Waals surface area contributed by atoms with Gasteiger partial charge in [-0.05, 0) is 13.8 Å². The van der Waals surface area contributed by atoms with E-state index in [1.807, 2.05) is 0 Å². The van der Waals surface area contributed by atoms with E-state index in [-0.39, 0.29) is 13.2 Å². The van der Waals surface area contributed by atoms with Crippen LogP contribution in [0.2, 0.25) is 0 Å². The molecule has 0 unspecified atom stereocenters. The third-order valence-electron chi connectivity index (χ3n) is 2.06. The normalized spacial score (nSPS) is 10.1. The van der Waals surface area contributed by atoms with Crippen molar-refractivity contribution in [3.05, 3.63) is 30.6 Å². The van der Waals surface area contributed by atoms with Crippen LogP contribution in [0.15, 0.2) is 30.6 Å². The molecule has 0 spiro atoms. The number of nitrogens with zero attached hydrogens (tertiary/aromatic N) is 1. The van der Waals surface area contributed by atoms with Gasteiger partial charge in [0.25, 0.3) is 0 Å². The van der Waals surface area contributed by atoms with Gasteiger partial charge in [0.15, 0.2) is 12.4 Å². The van der Waals surface area contributed by atoms with E-state index in [1.165, 1.54) is 4.57 Å². The van der Waals surface area contributed by atoms with Crippen LogP contribution < -0.4 is 4.57 Å². The van der Waals surface area contributed by atoms with Gasteiger partial charge in [-0.2, -0.15) is 4.57 Å². The lowest BCUT2D eigenvalue weighted by Gasteiger charge is -2.09. The Morgan fingerprint density at radius 3 is 1.88 bits per heavy atom. The van der Waals surface area contributed by atoms with Crippen LogP contribution in [-0.2, 0) is 19.1 Å². The Bertz CT molecular complexity index is 359. The summed E-state index contributed by atoms with van der Waals surface area (Å²) in [6, 6.07) is 4.18. The Morgan fingerprint density at radius 1 is 1.00 bits per heavy atom. The van der Waals surface area contributed by atoms with E-state index in [0.717, 1.165) is 0 Å². The average molecular weight is 238 g/mol. The Kier molecular flexibility index (Phi) is 5.13. The first-order chi connectivity index (χ1) is 8.20. The van der Waals surface area contributed by atoms with Crippen LogP contribution >= 0.6 is 0 Å². The number of carbonyl (C=O) groups excluding carboxylic acids is 2. The highest BCUT2D eigenvalue weighted by Crippen LogP contribution is 2.03. The van der Waals surface area contributed by atoms with E-state index in [0.29, 0.717) is 0 Å². The molecule has 5 heteroatoms. The highest BCUT2D eigenvalue weighted by molar-refractivity contribution is 5.95. The molecule has 1 rings (SSSR count). The zero-order valence-corrected chi connectivity index (χ0v) is 9.96. The minimum Gasteiger partial charge on any atom is -0.461 e. The first-order valence-corrected chi connectivity index (χ1v) is 5.49. The smallest absolute Gasteiger partial charge is 0.388 e. The van der Waals surface area contributed by atoms with Crippen molar-refractivity contribution in [1.29, 1.82) is 0 Å². The molecular weight excluding hydrogens is 222 g/mol. The molecule has 0 saturated carbocycles. The highest BCUT2D eigenvalue weighted by Gasteiger charge is 2.38. The molecule has 17 heavy (non-hydrogen) atoms. The Hall–Kier alpha value is -1.91. The maximum Gasteiger partial charge on any atom is 0.388 e. The predicted octanol–water partition coefficient (Wildman–Crippen LogP) is 0.641. The van der Waals surface area contributed by atoms with Gasteiger partial charge < -0.3 is 9.47 Å². The van der Waals surface area contributed by atoms with Crippen molar-refractivity contribution < 1.29 is 23.6 Å². The van der Waals surface area contributed by atoms with Crippen molar-refractivity contribution in [2.75, 3.05) is 13.2 Å². The summed E-state index contributed by atoms with van der Waals surface area (Å²) in [5.41, 5.74) is 0. The van der Waals surface area contributed by atoms with E-state index >= 15 is 0 Å². The highest BCUT2D eigenvalue weighted by atomic mass is 16.6. The number of pyridine rings is 1. The molecule has 0 aliphatic carbocycles. The molecular formula is C12H16NO4+. The molecule has 0 radical (unpaired) electrons. The summed E-state index contributed by atoms with van der Waals surface area (Å²) < 4.78 is 11.2. The zero-order valence-electron chi connectivity index (χ0n) is 9.96. The third kappa shape index (κ3) is 3.55. The number of aromatic nitrogens is 1. The summed E-state index contributed by atoms with van der Waals surface area (Å²) in [6.45, 7) is 3.83. The van der Waals surface area contributed by atoms with E-state index in [9.17, 15) is 9.59 Å². The van der Waals surface area contributed by atoms with Gasteiger partial charge in [-0.25, -0.2) is 9.59 Å². The number of hydrogen-bond acceptors (Lipinski definition) is 4. The van der Waals surface area contributed by atoms with Crippen molar-refractivity contribution >= 4 is 11.9 Å². The lowest BCUT2D eigenvalue weighted by atomic mass is 10.3. The second-order valence-electron chi connectivity index (χ2n) is 3.23. The van der Waals surface area contributed by atoms with E-state index in [4.69, 9.17) is 9.47 Å². The standard InChI is InChI=1S/C12H16NO4/c1-3-16-11(14)10(12(15)17-4-2)13-8-6-5-7-9-13/h5-10H,3-4H2,1-2H3/q+1. The molecule has 0 aliphatic heterocycles. The van der Waals surface area contributed by atoms with Crippen LogP contribution in [0.5, 0.6) is 0 Å². The number of esters is 2. The first kappa shape index (κ1) is 13.2. The van der Waals surface area contributed by atoms with Crippen LogP contribution in [0.4, 0.5) is 0 Å². The van der Waals surface area contributed by atoms with Gasteiger partial charge in [0, 0.05) is 12.1 Å². The van der Waals surface area contributed by atoms with Gasteiger partial charge in [-0.1, -0.05) is 6.07 Å². The average Bonchev–Trinajstić information content (AvgIpc) is 2.31. The van der Waals surface area contributed by atoms with Crippen LogP contribution in [-0.4, -0.2) is 25.2 Å². The van der Waals surface area contributed by atoms with Crippen LogP contribution in [0.1, 0.15) is 19.9 Å². The zero-order chi connectivity index (χ0) is 12.7. The molecule has 0 amide bonds. The number of carbonyl (C=O) groups is 2. The van der Waals surface area contributed by atoms with Gasteiger partial charge in [0.05, 0.1) is 13.2 Å². The van der Waals surface area contributed by atoms with Gasteiger partial charge in [0.1, 0.15) is 0 Å². The summed E-state index contributed by atoms with van der Waals surface area (Å²) in [4.78, 5) is 23.4. The number of hydrogen-bond donors (Lipinski definition) is 0. The van der Waals surface area contributed by atoms with Crippen LogP contribution in [0.25, 0.3) is 0 Å². The van der Waals surface area contributed by atoms with E-state index in [1.54, 1.807) is 44.4 Å². The summed E-state index contributed by atoms with van der Waals surface area (Å²) in [5.74, 6) is -1.22. The van der Waals surface area contributed by atoms with Crippen molar-refractivity contribution in [1.82, 2.24) is 0 Å². The monoisotopic (exact) mass is 238 g/mol. The molecule has 1 aromatic heterocycles. The topological polar surface area (TPSA) is 56.5 Å². The molecule has 0 N–H and O–H groups in total. The van der Waals surface area contributed by atoms with Crippen molar-refractivity contribution in [2.24, 2.45) is 0 Å². The summed E-state index contributed by atoms with van der Waals surface area (Å²) in [5, 5.41) is 0. The fourth-order valence-corrected chi connectivity index (χ4v) is 1.37. The molecule has 1 aromatic rings. The number of rotatable bonds is 5. The molecule has 0 saturated heterocycles. The summed E-state index contributed by atoms with van der Waals surface area (Å²) in [6.07, 6.45) is 3.25. The molecule has 0 bridgehead atoms. The summed E-state index contributed by atoms with van der Waals surface area (Å²) >= 11 is 0. The molecule has 1 heterocycles. The second kappa shape index (κ2) is 6.62. The first-order valence-electron chi connectivity index (χ1n) is 5.49. The number of ether oxygens (including phenoxy) is 2. The van der Waals surface area contributed by atoms with E-state index < -0.39 is 18.0 Å². The maximum absolute atomic E-state index is 11.7. The third-order valence-corrected chi connectivity index (χ3v) is 2.06. The maximum atomic E-state index is 11.7. The second-order valence-corrected chi connectivity index (χ2v) is 3.23. The SMILES string of the molecule is CCOC(=O)C(C(=O)OCC)[n+]1ccccc1. The minimum atomic E-state index is -1.07. The van der Waals surface area contributed by atoms with Crippen LogP contribution in [0.3, 0.4) is 0 Å². The lowest BCUT2D eigenvalue weighted by Crippen LogP contribution is -2.49. The Balaban J connectivity index is 2.94. The van der Waals surface area contributed by atoms with Gasteiger partial charge >= 0.3 is 18.0 Å².